The van der Waals surface area contributed by atoms with Gasteiger partial charge in [0.1, 0.15) is 0 Å². The summed E-state index contributed by atoms with van der Waals surface area (Å²) < 4.78 is 26.4. The van der Waals surface area contributed by atoms with Crippen molar-refractivity contribution in [3.05, 3.63) is 29.8 Å². The maximum absolute atomic E-state index is 12.0. The van der Waals surface area contributed by atoms with Crippen molar-refractivity contribution in [2.24, 2.45) is 0 Å². The zero-order valence-electron chi connectivity index (χ0n) is 11.9. The molecule has 20 heavy (non-hydrogen) atoms. The highest BCUT2D eigenvalue weighted by Crippen LogP contribution is 2.15. The largest absolute Gasteiger partial charge is 0.359 e. The number of benzene rings is 1. The van der Waals surface area contributed by atoms with E-state index in [1.807, 2.05) is 14.0 Å². The van der Waals surface area contributed by atoms with Crippen molar-refractivity contribution >= 4 is 15.9 Å². The van der Waals surface area contributed by atoms with Gasteiger partial charge in [-0.3, -0.25) is 4.79 Å². The van der Waals surface area contributed by atoms with Crippen LogP contribution in [0, 0.1) is 0 Å². The summed E-state index contributed by atoms with van der Waals surface area (Å²) in [5, 5.41) is 5.52. The zero-order chi connectivity index (χ0) is 15.2. The zero-order valence-corrected chi connectivity index (χ0v) is 12.8. The second-order valence-electron chi connectivity index (χ2n) is 4.40. The van der Waals surface area contributed by atoms with Gasteiger partial charge in [-0.25, -0.2) is 13.1 Å². The molecular weight excluding hydrogens is 278 g/mol. The molecular formula is C13H21N3O3S. The molecule has 0 saturated carbocycles. The second kappa shape index (κ2) is 7.37. The van der Waals surface area contributed by atoms with Crippen LogP contribution in [0.25, 0.3) is 0 Å². The van der Waals surface area contributed by atoms with Gasteiger partial charge in [0.05, 0.1) is 4.90 Å². The Bertz CT molecular complexity index is 540. The van der Waals surface area contributed by atoms with Gasteiger partial charge in [0.25, 0.3) is 0 Å². The highest BCUT2D eigenvalue weighted by Gasteiger charge is 2.14. The Morgan fingerprint density at radius 1 is 1.20 bits per heavy atom. The minimum absolute atomic E-state index is 0.0800. The summed E-state index contributed by atoms with van der Waals surface area (Å²) in [5.41, 5.74) is 1.01. The highest BCUT2D eigenvalue weighted by molar-refractivity contribution is 7.89. The van der Waals surface area contributed by atoms with Crippen molar-refractivity contribution in [3.63, 3.8) is 0 Å². The van der Waals surface area contributed by atoms with Gasteiger partial charge in [0.15, 0.2) is 0 Å². The van der Waals surface area contributed by atoms with Crippen molar-refractivity contribution in [1.29, 1.82) is 0 Å². The molecule has 1 aromatic rings. The van der Waals surface area contributed by atoms with Crippen LogP contribution >= 0.6 is 0 Å². The molecule has 3 N–H and O–H groups in total. The molecule has 1 unspecified atom stereocenters. The van der Waals surface area contributed by atoms with E-state index in [2.05, 4.69) is 15.4 Å². The smallest absolute Gasteiger partial charge is 0.240 e. The molecule has 0 aliphatic rings. The third-order valence-corrected chi connectivity index (χ3v) is 4.52. The van der Waals surface area contributed by atoms with Gasteiger partial charge in [0, 0.05) is 26.1 Å². The minimum atomic E-state index is -3.56. The first-order valence-corrected chi connectivity index (χ1v) is 7.86. The van der Waals surface area contributed by atoms with Gasteiger partial charge in [-0.1, -0.05) is 12.1 Å². The average Bonchev–Trinajstić information content (AvgIpc) is 2.46. The van der Waals surface area contributed by atoms with Crippen LogP contribution in [0.2, 0.25) is 0 Å². The molecule has 7 heteroatoms. The van der Waals surface area contributed by atoms with Crippen molar-refractivity contribution in [2.75, 3.05) is 20.6 Å². The number of hydrogen-bond donors (Lipinski definition) is 3. The lowest BCUT2D eigenvalue weighted by Crippen LogP contribution is -2.29. The molecule has 0 saturated heterocycles. The Kier molecular flexibility index (Phi) is 6.12. The lowest BCUT2D eigenvalue weighted by Gasteiger charge is -2.11. The summed E-state index contributed by atoms with van der Waals surface area (Å²) >= 11 is 0. The first-order valence-electron chi connectivity index (χ1n) is 6.38. The fraction of sp³-hybridized carbons (Fsp3) is 0.462. The number of carbonyl (C=O) groups is 1. The van der Waals surface area contributed by atoms with E-state index in [1.54, 1.807) is 24.3 Å². The number of nitrogens with one attached hydrogen (secondary N) is 3. The predicted octanol–water partition coefficient (Wildman–Crippen LogP) is 0.381. The predicted molar refractivity (Wildman–Crippen MR) is 77.8 cm³/mol. The van der Waals surface area contributed by atoms with E-state index in [4.69, 9.17) is 0 Å². The standard InChI is InChI=1S/C13H21N3O3S/c1-10(14-2)11-4-6-12(7-5-11)20(18,19)16-9-8-13(17)15-3/h4-7,10,14,16H,8-9H2,1-3H3,(H,15,17). The van der Waals surface area contributed by atoms with Crippen molar-refractivity contribution in [3.8, 4) is 0 Å². The summed E-state index contributed by atoms with van der Waals surface area (Å²) in [7, 11) is -0.208. The Labute approximate surface area is 120 Å². The van der Waals surface area contributed by atoms with Gasteiger partial charge in [-0.2, -0.15) is 0 Å². The van der Waals surface area contributed by atoms with Crippen LogP contribution in [0.3, 0.4) is 0 Å². The molecule has 0 fully saturated rings. The summed E-state index contributed by atoms with van der Waals surface area (Å²) in [6, 6.07) is 6.83. The molecule has 1 aromatic carbocycles. The van der Waals surface area contributed by atoms with E-state index >= 15 is 0 Å². The first kappa shape index (κ1) is 16.6. The van der Waals surface area contributed by atoms with Crippen LogP contribution in [0.4, 0.5) is 0 Å². The molecule has 1 amide bonds. The maximum Gasteiger partial charge on any atom is 0.240 e. The summed E-state index contributed by atoms with van der Waals surface area (Å²) in [4.78, 5) is 11.2. The number of hydrogen-bond acceptors (Lipinski definition) is 4. The molecule has 6 nitrogen and oxygen atoms in total. The molecule has 0 spiro atoms. The maximum atomic E-state index is 12.0. The van der Waals surface area contributed by atoms with Crippen molar-refractivity contribution < 1.29 is 13.2 Å². The van der Waals surface area contributed by atoms with Crippen LogP contribution in [0.1, 0.15) is 24.9 Å². The van der Waals surface area contributed by atoms with Gasteiger partial charge in [-0.05, 0) is 31.7 Å². The fourth-order valence-corrected chi connectivity index (χ4v) is 2.64. The molecule has 0 aliphatic carbocycles. The normalized spacial score (nSPS) is 12.9. The molecule has 0 bridgehead atoms. The Hall–Kier alpha value is -1.44. The van der Waals surface area contributed by atoms with Gasteiger partial charge in [0.2, 0.25) is 15.9 Å². The molecule has 112 valence electrons. The summed E-state index contributed by atoms with van der Waals surface area (Å²) in [5.74, 6) is -0.203. The van der Waals surface area contributed by atoms with Crippen LogP contribution < -0.4 is 15.4 Å². The molecule has 0 aliphatic heterocycles. The third-order valence-electron chi connectivity index (χ3n) is 3.05. The number of carbonyl (C=O) groups excluding carboxylic acids is 1. The van der Waals surface area contributed by atoms with Crippen molar-refractivity contribution in [2.45, 2.75) is 24.3 Å². The first-order chi connectivity index (χ1) is 9.40. The summed E-state index contributed by atoms with van der Waals surface area (Å²) in [6.07, 6.45) is 0.116. The SMILES string of the molecule is CNC(=O)CCNS(=O)(=O)c1ccc(C(C)NC)cc1. The quantitative estimate of drug-likeness (QED) is 0.679. The monoisotopic (exact) mass is 299 g/mol. The lowest BCUT2D eigenvalue weighted by molar-refractivity contribution is -0.120. The van der Waals surface area contributed by atoms with Crippen LogP contribution in [-0.2, 0) is 14.8 Å². The van der Waals surface area contributed by atoms with Crippen molar-refractivity contribution in [1.82, 2.24) is 15.4 Å². The molecule has 1 rings (SSSR count). The Morgan fingerprint density at radius 3 is 2.30 bits per heavy atom. The van der Waals surface area contributed by atoms with E-state index in [9.17, 15) is 13.2 Å². The van der Waals surface area contributed by atoms with Gasteiger partial charge in [-0.15, -0.1) is 0 Å². The topological polar surface area (TPSA) is 87.3 Å². The average molecular weight is 299 g/mol. The number of rotatable bonds is 7. The van der Waals surface area contributed by atoms with Crippen LogP contribution in [0.5, 0.6) is 0 Å². The van der Waals surface area contributed by atoms with Gasteiger partial charge >= 0.3 is 0 Å². The Balaban J connectivity index is 2.70. The molecule has 0 heterocycles. The van der Waals surface area contributed by atoms with E-state index < -0.39 is 10.0 Å². The number of amides is 1. The Morgan fingerprint density at radius 2 is 1.80 bits per heavy atom. The molecule has 1 atom stereocenters. The molecule has 0 aromatic heterocycles. The second-order valence-corrected chi connectivity index (χ2v) is 6.17. The molecule has 0 radical (unpaired) electrons. The number of sulfonamides is 1. The van der Waals surface area contributed by atoms with E-state index in [0.717, 1.165) is 5.56 Å². The lowest BCUT2D eigenvalue weighted by atomic mass is 10.1. The van der Waals surface area contributed by atoms with Crippen LogP contribution in [-0.4, -0.2) is 35.0 Å². The van der Waals surface area contributed by atoms with Gasteiger partial charge < -0.3 is 10.6 Å². The van der Waals surface area contributed by atoms with E-state index in [1.165, 1.54) is 7.05 Å². The minimum Gasteiger partial charge on any atom is -0.359 e. The van der Waals surface area contributed by atoms with E-state index in [0.29, 0.717) is 0 Å². The summed E-state index contributed by atoms with van der Waals surface area (Å²) in [6.45, 7) is 2.07. The van der Waals surface area contributed by atoms with Crippen LogP contribution in [0.15, 0.2) is 29.2 Å². The highest BCUT2D eigenvalue weighted by atomic mass is 32.2. The fourth-order valence-electron chi connectivity index (χ4n) is 1.61. The third kappa shape index (κ3) is 4.59. The van der Waals surface area contributed by atoms with E-state index in [-0.39, 0.29) is 29.8 Å².